The van der Waals surface area contributed by atoms with Crippen molar-refractivity contribution in [1.29, 1.82) is 0 Å². The second-order valence-corrected chi connectivity index (χ2v) is 4.27. The van der Waals surface area contributed by atoms with Crippen LogP contribution in [0.1, 0.15) is 39.5 Å². The maximum Gasteiger partial charge on any atom is 0.0813 e. The third-order valence-electron chi connectivity index (χ3n) is 3.37. The van der Waals surface area contributed by atoms with Crippen molar-refractivity contribution in [2.75, 3.05) is 7.11 Å². The zero-order valence-corrected chi connectivity index (χ0v) is 8.97. The summed E-state index contributed by atoms with van der Waals surface area (Å²) in [6.45, 7) is 4.26. The molecule has 1 rings (SSSR count). The van der Waals surface area contributed by atoms with Crippen molar-refractivity contribution < 1.29 is 4.74 Å². The van der Waals surface area contributed by atoms with Gasteiger partial charge in [0.25, 0.3) is 0 Å². The third kappa shape index (κ3) is 2.66. The molecule has 3 N–H and O–H groups in total. The first kappa shape index (κ1) is 11.0. The van der Waals surface area contributed by atoms with Crippen molar-refractivity contribution in [3.63, 3.8) is 0 Å². The Morgan fingerprint density at radius 2 is 2.23 bits per heavy atom. The highest BCUT2D eigenvalue weighted by Crippen LogP contribution is 2.36. The highest BCUT2D eigenvalue weighted by Gasteiger charge is 2.36. The van der Waals surface area contributed by atoms with Crippen LogP contribution in [0.4, 0.5) is 0 Å². The van der Waals surface area contributed by atoms with Crippen LogP contribution in [0, 0.1) is 5.92 Å². The standard InChI is InChI=1S/C10H22N2O/c1-4-10(2,13-3)9(12-11)7-8-5-6-8/h8-9,12H,4-7,11H2,1-3H3. The summed E-state index contributed by atoms with van der Waals surface area (Å²) in [6.07, 6.45) is 4.86. The SMILES string of the molecule is CCC(C)(OC)C(CC1CC1)NN. The molecule has 0 aromatic rings. The minimum Gasteiger partial charge on any atom is -0.377 e. The predicted molar refractivity (Wildman–Crippen MR) is 54.2 cm³/mol. The third-order valence-corrected chi connectivity index (χ3v) is 3.37. The van der Waals surface area contributed by atoms with Crippen molar-refractivity contribution in [3.8, 4) is 0 Å². The van der Waals surface area contributed by atoms with E-state index in [2.05, 4.69) is 19.3 Å². The number of hydrogen-bond donors (Lipinski definition) is 2. The molecule has 78 valence electrons. The molecule has 0 heterocycles. The Kier molecular flexibility index (Phi) is 3.71. The smallest absolute Gasteiger partial charge is 0.0813 e. The first-order valence-electron chi connectivity index (χ1n) is 5.17. The number of hydrazine groups is 1. The Labute approximate surface area is 81.0 Å². The molecular weight excluding hydrogens is 164 g/mol. The second kappa shape index (κ2) is 4.40. The molecule has 1 fully saturated rings. The van der Waals surface area contributed by atoms with Crippen LogP contribution in [-0.4, -0.2) is 18.8 Å². The second-order valence-electron chi connectivity index (χ2n) is 4.27. The normalized spacial score (nSPS) is 24.0. The Hall–Kier alpha value is -0.120. The van der Waals surface area contributed by atoms with Gasteiger partial charge in [0.15, 0.2) is 0 Å². The van der Waals surface area contributed by atoms with Gasteiger partial charge in [-0.25, -0.2) is 0 Å². The number of rotatable bonds is 6. The molecule has 3 heteroatoms. The van der Waals surface area contributed by atoms with Gasteiger partial charge in [0, 0.05) is 7.11 Å². The van der Waals surface area contributed by atoms with Gasteiger partial charge < -0.3 is 4.74 Å². The molecule has 0 bridgehead atoms. The van der Waals surface area contributed by atoms with E-state index in [1.165, 1.54) is 12.8 Å². The largest absolute Gasteiger partial charge is 0.377 e. The number of methoxy groups -OCH3 is 1. The zero-order chi connectivity index (χ0) is 9.90. The predicted octanol–water partition coefficient (Wildman–Crippen LogP) is 1.43. The van der Waals surface area contributed by atoms with Crippen molar-refractivity contribution in [3.05, 3.63) is 0 Å². The van der Waals surface area contributed by atoms with Gasteiger partial charge in [-0.2, -0.15) is 0 Å². The fraction of sp³-hybridized carbons (Fsp3) is 1.00. The molecular formula is C10H22N2O. The summed E-state index contributed by atoms with van der Waals surface area (Å²) < 4.78 is 5.53. The van der Waals surface area contributed by atoms with Crippen LogP contribution >= 0.6 is 0 Å². The molecule has 3 nitrogen and oxygen atoms in total. The van der Waals surface area contributed by atoms with Crippen molar-refractivity contribution >= 4 is 0 Å². The van der Waals surface area contributed by atoms with Gasteiger partial charge in [0.05, 0.1) is 11.6 Å². The maximum absolute atomic E-state index is 5.56. The Morgan fingerprint density at radius 3 is 2.54 bits per heavy atom. The Morgan fingerprint density at radius 1 is 1.62 bits per heavy atom. The summed E-state index contributed by atoms with van der Waals surface area (Å²) >= 11 is 0. The van der Waals surface area contributed by atoms with Gasteiger partial charge in [-0.1, -0.05) is 19.8 Å². The van der Waals surface area contributed by atoms with E-state index in [4.69, 9.17) is 10.6 Å². The molecule has 2 unspecified atom stereocenters. The van der Waals surface area contributed by atoms with Crippen LogP contribution < -0.4 is 11.3 Å². The van der Waals surface area contributed by atoms with Crippen molar-refractivity contribution in [2.45, 2.75) is 51.2 Å². The zero-order valence-electron chi connectivity index (χ0n) is 8.97. The van der Waals surface area contributed by atoms with Crippen molar-refractivity contribution in [1.82, 2.24) is 5.43 Å². The van der Waals surface area contributed by atoms with E-state index in [1.807, 2.05) is 0 Å². The van der Waals surface area contributed by atoms with Crippen LogP contribution in [0.2, 0.25) is 0 Å². The van der Waals surface area contributed by atoms with E-state index in [9.17, 15) is 0 Å². The van der Waals surface area contributed by atoms with Crippen LogP contribution in [0.25, 0.3) is 0 Å². The molecule has 0 amide bonds. The molecule has 0 aromatic heterocycles. The first-order chi connectivity index (χ1) is 6.16. The number of ether oxygens (including phenoxy) is 1. The molecule has 1 saturated carbocycles. The van der Waals surface area contributed by atoms with Gasteiger partial charge in [-0.05, 0) is 25.7 Å². The Bertz CT molecular complexity index is 153. The van der Waals surface area contributed by atoms with Gasteiger partial charge in [-0.15, -0.1) is 0 Å². The minimum atomic E-state index is -0.114. The molecule has 1 aliphatic carbocycles. The number of nitrogens with one attached hydrogen (secondary N) is 1. The summed E-state index contributed by atoms with van der Waals surface area (Å²) in [5.41, 5.74) is 2.78. The summed E-state index contributed by atoms with van der Waals surface area (Å²) in [7, 11) is 1.76. The molecule has 0 spiro atoms. The van der Waals surface area contributed by atoms with Crippen LogP contribution in [0.15, 0.2) is 0 Å². The fourth-order valence-corrected chi connectivity index (χ4v) is 1.71. The maximum atomic E-state index is 5.56. The first-order valence-corrected chi connectivity index (χ1v) is 5.17. The summed E-state index contributed by atoms with van der Waals surface area (Å²) in [6, 6.07) is 0.287. The van der Waals surface area contributed by atoms with Gasteiger partial charge in [-0.3, -0.25) is 11.3 Å². The summed E-state index contributed by atoms with van der Waals surface area (Å²) in [4.78, 5) is 0. The van der Waals surface area contributed by atoms with E-state index >= 15 is 0 Å². The van der Waals surface area contributed by atoms with E-state index in [-0.39, 0.29) is 11.6 Å². The van der Waals surface area contributed by atoms with E-state index in [0.29, 0.717) is 0 Å². The monoisotopic (exact) mass is 186 g/mol. The molecule has 2 atom stereocenters. The topological polar surface area (TPSA) is 47.3 Å². The lowest BCUT2D eigenvalue weighted by molar-refractivity contribution is -0.0325. The highest BCUT2D eigenvalue weighted by atomic mass is 16.5. The van der Waals surface area contributed by atoms with Crippen LogP contribution in [0.3, 0.4) is 0 Å². The van der Waals surface area contributed by atoms with Crippen LogP contribution in [0.5, 0.6) is 0 Å². The minimum absolute atomic E-state index is 0.114. The lowest BCUT2D eigenvalue weighted by atomic mass is 9.90. The molecule has 1 aliphatic rings. The highest BCUT2D eigenvalue weighted by molar-refractivity contribution is 4.91. The quantitative estimate of drug-likeness (QED) is 0.487. The lowest BCUT2D eigenvalue weighted by Crippen LogP contribution is -2.52. The lowest BCUT2D eigenvalue weighted by Gasteiger charge is -2.35. The van der Waals surface area contributed by atoms with Gasteiger partial charge in [0.1, 0.15) is 0 Å². The van der Waals surface area contributed by atoms with E-state index in [0.717, 1.165) is 18.8 Å². The number of nitrogens with two attached hydrogens (primary N) is 1. The van der Waals surface area contributed by atoms with Gasteiger partial charge in [0.2, 0.25) is 0 Å². The average molecular weight is 186 g/mol. The summed E-state index contributed by atoms with van der Waals surface area (Å²) in [5, 5.41) is 0. The Balaban J connectivity index is 2.49. The number of hydrogen-bond acceptors (Lipinski definition) is 3. The molecule has 0 aromatic carbocycles. The van der Waals surface area contributed by atoms with E-state index < -0.39 is 0 Å². The molecule has 0 aliphatic heterocycles. The van der Waals surface area contributed by atoms with Crippen molar-refractivity contribution in [2.24, 2.45) is 11.8 Å². The molecule has 13 heavy (non-hydrogen) atoms. The van der Waals surface area contributed by atoms with Gasteiger partial charge >= 0.3 is 0 Å². The van der Waals surface area contributed by atoms with E-state index in [1.54, 1.807) is 7.11 Å². The molecule has 0 radical (unpaired) electrons. The van der Waals surface area contributed by atoms with Crippen LogP contribution in [-0.2, 0) is 4.74 Å². The summed E-state index contributed by atoms with van der Waals surface area (Å²) in [5.74, 6) is 6.43. The molecule has 0 saturated heterocycles. The average Bonchev–Trinajstić information content (AvgIpc) is 2.96. The fourth-order valence-electron chi connectivity index (χ4n) is 1.71.